The molecule has 0 saturated carbocycles. The van der Waals surface area contributed by atoms with Crippen LogP contribution in [0, 0.1) is 0 Å². The Morgan fingerprint density at radius 2 is 1.88 bits per heavy atom. The van der Waals surface area contributed by atoms with E-state index in [2.05, 4.69) is 10.3 Å². The molecule has 8 heteroatoms. The van der Waals surface area contributed by atoms with E-state index in [1.165, 1.54) is 18.3 Å². The van der Waals surface area contributed by atoms with Crippen molar-refractivity contribution in [1.29, 1.82) is 0 Å². The average Bonchev–Trinajstić information content (AvgIpc) is 2.57. The van der Waals surface area contributed by atoms with Crippen molar-refractivity contribution >= 4 is 29.0 Å². The molecule has 0 aliphatic rings. The molecule has 1 heterocycles. The van der Waals surface area contributed by atoms with Crippen LogP contribution in [0.3, 0.4) is 0 Å². The number of carbonyl (C=O) groups is 1. The third-order valence-corrected chi connectivity index (χ3v) is 3.93. The number of nitrogens with zero attached hydrogens (tertiary/aromatic N) is 2. The van der Waals surface area contributed by atoms with Crippen LogP contribution in [0.1, 0.15) is 29.8 Å². The Morgan fingerprint density at radius 1 is 1.20 bits per heavy atom. The zero-order chi connectivity index (χ0) is 18.6. The molecule has 1 amide bonds. The molecule has 1 aromatic heterocycles. The lowest BCUT2D eigenvalue weighted by Gasteiger charge is -2.18. The normalized spacial score (nSPS) is 11.3. The van der Waals surface area contributed by atoms with Crippen molar-refractivity contribution in [1.82, 2.24) is 9.88 Å². The van der Waals surface area contributed by atoms with Crippen LogP contribution in [0.4, 0.5) is 24.7 Å². The monoisotopic (exact) mass is 371 g/mol. The molecule has 0 atom stereocenters. The van der Waals surface area contributed by atoms with E-state index < -0.39 is 11.7 Å². The zero-order valence-electron chi connectivity index (χ0n) is 13.7. The zero-order valence-corrected chi connectivity index (χ0v) is 14.4. The predicted molar refractivity (Wildman–Crippen MR) is 91.2 cm³/mol. The Labute approximate surface area is 148 Å². The summed E-state index contributed by atoms with van der Waals surface area (Å²) in [6, 6.07) is 6.63. The van der Waals surface area contributed by atoms with Gasteiger partial charge in [0.05, 0.1) is 16.1 Å². The summed E-state index contributed by atoms with van der Waals surface area (Å²) in [7, 11) is 0. The summed E-state index contributed by atoms with van der Waals surface area (Å²) in [6.07, 6.45) is -3.15. The van der Waals surface area contributed by atoms with Crippen molar-refractivity contribution < 1.29 is 18.0 Å². The van der Waals surface area contributed by atoms with Gasteiger partial charge in [-0.05, 0) is 44.2 Å². The van der Waals surface area contributed by atoms with E-state index in [1.807, 2.05) is 13.8 Å². The Bertz CT molecular complexity index is 744. The Hall–Kier alpha value is -2.28. The number of anilines is 2. The summed E-state index contributed by atoms with van der Waals surface area (Å²) in [5.74, 6) is 0.182. The number of amides is 1. The standard InChI is InChI=1S/C17H17ClF3N3O/c1-3-24(4-2)16(25)11-5-8-15(22-10-11)23-12-6-7-14(18)13(9-12)17(19,20)21/h5-10H,3-4H2,1-2H3,(H,22,23). The van der Waals surface area contributed by atoms with Gasteiger partial charge in [0.2, 0.25) is 0 Å². The highest BCUT2D eigenvalue weighted by atomic mass is 35.5. The first kappa shape index (κ1) is 19.1. The van der Waals surface area contributed by atoms with Crippen LogP contribution in [0.2, 0.25) is 5.02 Å². The van der Waals surface area contributed by atoms with Gasteiger partial charge >= 0.3 is 6.18 Å². The van der Waals surface area contributed by atoms with Gasteiger partial charge in [-0.3, -0.25) is 4.79 Å². The Morgan fingerprint density at radius 3 is 2.40 bits per heavy atom. The van der Waals surface area contributed by atoms with Gasteiger partial charge in [0.15, 0.2) is 0 Å². The highest BCUT2D eigenvalue weighted by Crippen LogP contribution is 2.36. The summed E-state index contributed by atoms with van der Waals surface area (Å²) >= 11 is 5.59. The quantitative estimate of drug-likeness (QED) is 0.806. The fourth-order valence-electron chi connectivity index (χ4n) is 2.26. The number of hydrogen-bond acceptors (Lipinski definition) is 3. The number of hydrogen-bond donors (Lipinski definition) is 1. The molecule has 1 N–H and O–H groups in total. The van der Waals surface area contributed by atoms with E-state index in [1.54, 1.807) is 17.0 Å². The minimum Gasteiger partial charge on any atom is -0.340 e. The smallest absolute Gasteiger partial charge is 0.340 e. The van der Waals surface area contributed by atoms with Crippen LogP contribution in [0.25, 0.3) is 0 Å². The maximum Gasteiger partial charge on any atom is 0.417 e. The molecule has 134 valence electrons. The Balaban J connectivity index is 2.18. The van der Waals surface area contributed by atoms with Crippen LogP contribution in [-0.2, 0) is 6.18 Å². The molecule has 0 spiro atoms. The van der Waals surface area contributed by atoms with Crippen LogP contribution in [0.15, 0.2) is 36.5 Å². The van der Waals surface area contributed by atoms with Crippen molar-refractivity contribution in [3.05, 3.63) is 52.7 Å². The average molecular weight is 372 g/mol. The van der Waals surface area contributed by atoms with Gasteiger partial charge < -0.3 is 10.2 Å². The van der Waals surface area contributed by atoms with Crippen LogP contribution in [-0.4, -0.2) is 28.9 Å². The second kappa shape index (κ2) is 7.74. The van der Waals surface area contributed by atoms with E-state index in [0.717, 1.165) is 6.07 Å². The molecule has 0 fully saturated rings. The molecule has 0 bridgehead atoms. The van der Waals surface area contributed by atoms with Crippen molar-refractivity contribution in [3.63, 3.8) is 0 Å². The van der Waals surface area contributed by atoms with Crippen molar-refractivity contribution in [2.24, 2.45) is 0 Å². The third kappa shape index (κ3) is 4.63. The van der Waals surface area contributed by atoms with E-state index in [0.29, 0.717) is 24.5 Å². The molecule has 2 aromatic rings. The lowest BCUT2D eigenvalue weighted by molar-refractivity contribution is -0.137. The number of nitrogens with one attached hydrogen (secondary N) is 1. The maximum atomic E-state index is 12.9. The van der Waals surface area contributed by atoms with Gasteiger partial charge in [-0.15, -0.1) is 0 Å². The van der Waals surface area contributed by atoms with Gasteiger partial charge in [0.1, 0.15) is 5.82 Å². The van der Waals surface area contributed by atoms with Crippen LogP contribution >= 0.6 is 11.6 Å². The van der Waals surface area contributed by atoms with E-state index in [9.17, 15) is 18.0 Å². The van der Waals surface area contributed by atoms with Crippen LogP contribution in [0.5, 0.6) is 0 Å². The van der Waals surface area contributed by atoms with Crippen LogP contribution < -0.4 is 5.32 Å². The molecular weight excluding hydrogens is 355 g/mol. The number of halogens is 4. The lowest BCUT2D eigenvalue weighted by atomic mass is 10.2. The van der Waals surface area contributed by atoms with Gasteiger partial charge in [-0.25, -0.2) is 4.98 Å². The number of aromatic nitrogens is 1. The minimum atomic E-state index is -4.54. The lowest BCUT2D eigenvalue weighted by Crippen LogP contribution is -2.30. The number of carbonyl (C=O) groups excluding carboxylic acids is 1. The summed E-state index contributed by atoms with van der Waals surface area (Å²) in [5.41, 5.74) is -0.305. The summed E-state index contributed by atoms with van der Waals surface area (Å²) in [6.45, 7) is 4.92. The number of rotatable bonds is 5. The van der Waals surface area contributed by atoms with E-state index in [4.69, 9.17) is 11.6 Å². The van der Waals surface area contributed by atoms with Gasteiger partial charge in [0.25, 0.3) is 5.91 Å². The molecular formula is C17H17ClF3N3O. The van der Waals surface area contributed by atoms with E-state index in [-0.39, 0.29) is 16.6 Å². The topological polar surface area (TPSA) is 45.2 Å². The molecule has 25 heavy (non-hydrogen) atoms. The van der Waals surface area contributed by atoms with Crippen molar-refractivity contribution in [2.45, 2.75) is 20.0 Å². The molecule has 2 rings (SSSR count). The molecule has 0 radical (unpaired) electrons. The molecule has 4 nitrogen and oxygen atoms in total. The molecule has 0 aliphatic carbocycles. The second-order valence-electron chi connectivity index (χ2n) is 5.23. The maximum absolute atomic E-state index is 12.9. The van der Waals surface area contributed by atoms with Crippen molar-refractivity contribution in [2.75, 3.05) is 18.4 Å². The molecule has 0 unspecified atom stereocenters. The number of alkyl halides is 3. The highest BCUT2D eigenvalue weighted by Gasteiger charge is 2.33. The van der Waals surface area contributed by atoms with Gasteiger partial charge in [0, 0.05) is 25.0 Å². The molecule has 0 aliphatic heterocycles. The predicted octanol–water partition coefficient (Wildman–Crippen LogP) is 4.98. The third-order valence-electron chi connectivity index (χ3n) is 3.61. The SMILES string of the molecule is CCN(CC)C(=O)c1ccc(Nc2ccc(Cl)c(C(F)(F)F)c2)nc1. The first-order valence-corrected chi connectivity index (χ1v) is 8.03. The Kier molecular flexibility index (Phi) is 5.89. The highest BCUT2D eigenvalue weighted by molar-refractivity contribution is 6.31. The number of pyridine rings is 1. The van der Waals surface area contributed by atoms with E-state index >= 15 is 0 Å². The first-order valence-electron chi connectivity index (χ1n) is 7.65. The van der Waals surface area contributed by atoms with Crippen molar-refractivity contribution in [3.8, 4) is 0 Å². The fraction of sp³-hybridized carbons (Fsp3) is 0.294. The number of benzene rings is 1. The first-order chi connectivity index (χ1) is 11.8. The summed E-state index contributed by atoms with van der Waals surface area (Å²) in [4.78, 5) is 17.9. The summed E-state index contributed by atoms with van der Waals surface area (Å²) in [5, 5.41) is 2.40. The van der Waals surface area contributed by atoms with Gasteiger partial charge in [-0.1, -0.05) is 11.6 Å². The minimum absolute atomic E-state index is 0.144. The molecule has 1 aromatic carbocycles. The largest absolute Gasteiger partial charge is 0.417 e. The summed E-state index contributed by atoms with van der Waals surface area (Å²) < 4.78 is 38.6. The molecule has 0 saturated heterocycles. The second-order valence-corrected chi connectivity index (χ2v) is 5.63. The van der Waals surface area contributed by atoms with Gasteiger partial charge in [-0.2, -0.15) is 13.2 Å². The fourth-order valence-corrected chi connectivity index (χ4v) is 2.48.